The second-order valence-electron chi connectivity index (χ2n) is 7.80. The third-order valence-corrected chi connectivity index (χ3v) is 6.22. The van der Waals surface area contributed by atoms with E-state index in [0.29, 0.717) is 6.07 Å². The van der Waals surface area contributed by atoms with Gasteiger partial charge >= 0.3 is 10.2 Å². The number of nitrogens with one attached hydrogen (secondary N) is 1. The van der Waals surface area contributed by atoms with Crippen molar-refractivity contribution in [3.63, 3.8) is 0 Å². The summed E-state index contributed by atoms with van der Waals surface area (Å²) in [5.74, 6) is 0. The number of hydrogen-bond donors (Lipinski definition) is 2. The van der Waals surface area contributed by atoms with Crippen LogP contribution in [0.4, 0.5) is 19.4 Å². The number of rotatable bonds is 7. The number of benzene rings is 2. The summed E-state index contributed by atoms with van der Waals surface area (Å²) in [5.41, 5.74) is -0.169. The van der Waals surface area contributed by atoms with Gasteiger partial charge in [-0.15, -0.1) is 0 Å². The highest BCUT2D eigenvalue weighted by molar-refractivity contribution is 8.45. The molecule has 0 saturated carbocycles. The second kappa shape index (κ2) is 7.44. The van der Waals surface area contributed by atoms with Crippen molar-refractivity contribution >= 4 is 22.2 Å². The Balaban J connectivity index is 2.81. The van der Waals surface area contributed by atoms with Crippen LogP contribution in [0.15, 0.2) is 41.3 Å². The summed E-state index contributed by atoms with van der Waals surface area (Å²) < 4.78 is 73.0. The van der Waals surface area contributed by atoms with Crippen LogP contribution < -0.4 is 4.72 Å². The zero-order chi connectivity index (χ0) is 22.2. The molecule has 0 atom stereocenters. The number of aryl methyl sites for hydroxylation is 1. The molecule has 2 nitrogen and oxygen atoms in total. The van der Waals surface area contributed by atoms with E-state index in [-0.39, 0.29) is 40.0 Å². The van der Waals surface area contributed by atoms with Gasteiger partial charge in [0, 0.05) is 16.9 Å². The minimum Gasteiger partial charge on any atom is -0.392 e. The largest absolute Gasteiger partial charge is 0.392 e. The molecule has 0 aromatic heterocycles. The summed E-state index contributed by atoms with van der Waals surface area (Å²) in [6, 6.07) is 7.85. The fourth-order valence-electron chi connectivity index (χ4n) is 2.92. The summed E-state index contributed by atoms with van der Waals surface area (Å²) in [5, 5.41) is 9.60. The summed E-state index contributed by atoms with van der Waals surface area (Å²) in [6.07, 6.45) is 0.183. The maximum absolute atomic E-state index is 14.0. The molecule has 29 heavy (non-hydrogen) atoms. The molecule has 0 bridgehead atoms. The van der Waals surface area contributed by atoms with Crippen LogP contribution in [0.3, 0.4) is 0 Å². The van der Waals surface area contributed by atoms with Crippen LogP contribution in [0.5, 0.6) is 0 Å². The fourth-order valence-corrected chi connectivity index (χ4v) is 4.58. The molecule has 0 unspecified atom stereocenters. The lowest BCUT2D eigenvalue weighted by Gasteiger charge is -2.42. The number of aliphatic hydroxyl groups is 1. The van der Waals surface area contributed by atoms with Gasteiger partial charge in [-0.25, -0.2) is 0 Å². The normalized spacial score (nSPS) is 15.1. The van der Waals surface area contributed by atoms with Gasteiger partial charge in [0.1, 0.15) is 4.90 Å². The molecule has 2 aromatic carbocycles. The standard InChI is InChI=1S/C20H26F5NOS2/c1-5-14-10-16(12-26-28-20(2,3)4)19(17-9-7-6-8-15(17)13-27)18(11-14)29(21,22,23,24)25/h6-11,26-27H,5,12-13H2,1-4H3. The van der Waals surface area contributed by atoms with Crippen LogP contribution in [-0.2, 0) is 19.6 Å². The lowest BCUT2D eigenvalue weighted by Crippen LogP contribution is -2.18. The number of aliphatic hydroxyl groups excluding tert-OH is 1. The van der Waals surface area contributed by atoms with E-state index in [1.807, 2.05) is 20.8 Å². The lowest BCUT2D eigenvalue weighted by atomic mass is 9.93. The third-order valence-electron chi connectivity index (χ3n) is 4.17. The van der Waals surface area contributed by atoms with Crippen molar-refractivity contribution in [3.8, 4) is 11.1 Å². The van der Waals surface area contributed by atoms with Crippen molar-refractivity contribution in [1.29, 1.82) is 0 Å². The van der Waals surface area contributed by atoms with E-state index in [2.05, 4.69) is 4.72 Å². The van der Waals surface area contributed by atoms with E-state index in [4.69, 9.17) is 0 Å². The smallest absolute Gasteiger partial charge is 0.311 e. The molecule has 0 aliphatic rings. The van der Waals surface area contributed by atoms with Gasteiger partial charge < -0.3 is 5.11 Å². The van der Waals surface area contributed by atoms with Gasteiger partial charge in [-0.2, -0.15) is 0 Å². The van der Waals surface area contributed by atoms with E-state index in [0.717, 1.165) is 0 Å². The summed E-state index contributed by atoms with van der Waals surface area (Å²) in [4.78, 5) is -1.90. The predicted molar refractivity (Wildman–Crippen MR) is 113 cm³/mol. The molecule has 164 valence electrons. The summed E-state index contributed by atoms with van der Waals surface area (Å²) in [7, 11) is -10.0. The van der Waals surface area contributed by atoms with Gasteiger partial charge in [0.15, 0.2) is 0 Å². The number of halogens is 5. The molecular weight excluding hydrogens is 429 g/mol. The predicted octanol–water partition coefficient (Wildman–Crippen LogP) is 7.60. The van der Waals surface area contributed by atoms with Crippen LogP contribution in [0.25, 0.3) is 11.1 Å². The van der Waals surface area contributed by atoms with Crippen LogP contribution in [0.1, 0.15) is 44.4 Å². The van der Waals surface area contributed by atoms with Gasteiger partial charge in [0.2, 0.25) is 0 Å². The van der Waals surface area contributed by atoms with Crippen molar-refractivity contribution in [2.45, 2.75) is 56.9 Å². The Labute approximate surface area is 172 Å². The first-order valence-electron chi connectivity index (χ1n) is 9.05. The molecule has 0 aliphatic carbocycles. The van der Waals surface area contributed by atoms with Crippen molar-refractivity contribution in [2.75, 3.05) is 0 Å². The van der Waals surface area contributed by atoms with Gasteiger partial charge in [-0.3, -0.25) is 4.72 Å². The minimum absolute atomic E-state index is 0.0360. The molecule has 0 aliphatic heterocycles. The van der Waals surface area contributed by atoms with Crippen LogP contribution in [0, 0.1) is 0 Å². The molecule has 0 amide bonds. The highest BCUT2D eigenvalue weighted by atomic mass is 32.5. The Morgan fingerprint density at radius 1 is 1.00 bits per heavy atom. The molecule has 0 saturated heterocycles. The van der Waals surface area contributed by atoms with E-state index in [1.165, 1.54) is 36.2 Å². The molecule has 2 rings (SSSR count). The van der Waals surface area contributed by atoms with E-state index in [1.54, 1.807) is 13.0 Å². The van der Waals surface area contributed by atoms with E-state index < -0.39 is 27.3 Å². The van der Waals surface area contributed by atoms with Gasteiger partial charge in [-0.1, -0.05) is 68.6 Å². The SMILES string of the molecule is CCc1cc(CNSC(C)(C)C)c(-c2ccccc2CO)c(S(F)(F)(F)(F)F)c1. The maximum atomic E-state index is 14.0. The molecule has 0 heterocycles. The zero-order valence-electron chi connectivity index (χ0n) is 16.7. The average molecular weight is 456 g/mol. The monoisotopic (exact) mass is 455 g/mol. The average Bonchev–Trinajstić information content (AvgIpc) is 2.58. The highest BCUT2D eigenvalue weighted by Crippen LogP contribution is 3.03. The molecular formula is C20H26F5NOS2. The molecule has 2 aromatic rings. The molecule has 0 fully saturated rings. The first-order valence-corrected chi connectivity index (χ1v) is 11.8. The minimum atomic E-state index is -10.0. The van der Waals surface area contributed by atoms with Crippen molar-refractivity contribution in [1.82, 2.24) is 4.72 Å². The van der Waals surface area contributed by atoms with E-state index in [9.17, 15) is 24.5 Å². The summed E-state index contributed by atoms with van der Waals surface area (Å²) >= 11 is 1.31. The van der Waals surface area contributed by atoms with E-state index >= 15 is 0 Å². The quantitative estimate of drug-likeness (QED) is 0.333. The van der Waals surface area contributed by atoms with Gasteiger partial charge in [0.05, 0.1) is 6.61 Å². The fraction of sp³-hybridized carbons (Fsp3) is 0.400. The topological polar surface area (TPSA) is 32.3 Å². The van der Waals surface area contributed by atoms with Crippen molar-refractivity contribution in [3.05, 3.63) is 53.1 Å². The Hall–Kier alpha value is -1.29. The van der Waals surface area contributed by atoms with Crippen molar-refractivity contribution in [2.24, 2.45) is 0 Å². The molecule has 2 N–H and O–H groups in total. The van der Waals surface area contributed by atoms with Crippen molar-refractivity contribution < 1.29 is 24.5 Å². The number of hydrogen-bond acceptors (Lipinski definition) is 3. The van der Waals surface area contributed by atoms with Gasteiger partial charge in [0.25, 0.3) is 0 Å². The van der Waals surface area contributed by atoms with Crippen LogP contribution >= 0.6 is 22.2 Å². The Morgan fingerprint density at radius 3 is 2.14 bits per heavy atom. The molecule has 9 heteroatoms. The lowest BCUT2D eigenvalue weighted by molar-refractivity contribution is 0.282. The molecule has 0 radical (unpaired) electrons. The molecule has 0 spiro atoms. The maximum Gasteiger partial charge on any atom is 0.311 e. The Bertz CT molecular complexity index is 893. The first kappa shape index (κ1) is 24.0. The Morgan fingerprint density at radius 2 is 1.62 bits per heavy atom. The second-order valence-corrected chi connectivity index (χ2v) is 11.9. The highest BCUT2D eigenvalue weighted by Gasteiger charge is 2.66. The zero-order valence-corrected chi connectivity index (χ0v) is 18.4. The Kier molecular flexibility index (Phi) is 6.15. The van der Waals surface area contributed by atoms with Gasteiger partial charge in [-0.05, 0) is 55.5 Å². The van der Waals surface area contributed by atoms with Crippen LogP contribution in [-0.4, -0.2) is 9.85 Å². The van der Waals surface area contributed by atoms with Crippen LogP contribution in [0.2, 0.25) is 0 Å². The summed E-state index contributed by atoms with van der Waals surface area (Å²) in [6.45, 7) is 6.80. The third kappa shape index (κ3) is 6.34. The first-order chi connectivity index (χ1) is 13.1.